The second kappa shape index (κ2) is 5.64. The Labute approximate surface area is 113 Å². The van der Waals surface area contributed by atoms with Crippen LogP contribution in [0.4, 0.5) is 11.4 Å². The highest BCUT2D eigenvalue weighted by atomic mass is 79.9. The molecule has 0 aromatic heterocycles. The quantitative estimate of drug-likeness (QED) is 0.654. The van der Waals surface area contributed by atoms with Crippen molar-refractivity contribution in [2.75, 3.05) is 25.5 Å². The zero-order valence-electron chi connectivity index (χ0n) is 9.85. The first kappa shape index (κ1) is 13.3. The van der Waals surface area contributed by atoms with Gasteiger partial charge in [-0.1, -0.05) is 0 Å². The molecule has 0 bridgehead atoms. The fourth-order valence-electron chi connectivity index (χ4n) is 1.98. The third-order valence-electron chi connectivity index (χ3n) is 2.97. The normalized spacial score (nSPS) is 23.0. The Hall–Kier alpha value is -1.18. The van der Waals surface area contributed by atoms with Gasteiger partial charge in [-0.05, 0) is 22.0 Å². The van der Waals surface area contributed by atoms with E-state index in [0.717, 1.165) is 18.8 Å². The Bertz CT molecular complexity index is 455. The Balaban J connectivity index is 2.12. The first-order valence-corrected chi connectivity index (χ1v) is 6.35. The molecule has 1 unspecified atom stereocenters. The molecule has 0 aliphatic carbocycles. The molecule has 1 aliphatic heterocycles. The molecule has 2 atom stereocenters. The number of rotatable bonds is 4. The third-order valence-corrected chi connectivity index (χ3v) is 3.62. The van der Waals surface area contributed by atoms with Crippen LogP contribution >= 0.6 is 15.9 Å². The molecule has 18 heavy (non-hydrogen) atoms. The number of nitrogens with zero attached hydrogens (tertiary/aromatic N) is 1. The summed E-state index contributed by atoms with van der Waals surface area (Å²) in [5.41, 5.74) is 0.900. The number of hydrogen-bond acceptors (Lipinski definition) is 5. The van der Waals surface area contributed by atoms with E-state index in [1.807, 2.05) is 0 Å². The summed E-state index contributed by atoms with van der Waals surface area (Å²) in [4.78, 5) is 10.2. The van der Waals surface area contributed by atoms with Crippen molar-refractivity contribution in [3.05, 3.63) is 32.8 Å². The molecular formula is C11H14BrN3O3. The minimum atomic E-state index is -0.413. The van der Waals surface area contributed by atoms with Gasteiger partial charge in [-0.3, -0.25) is 10.1 Å². The molecule has 1 heterocycles. The third kappa shape index (κ3) is 2.80. The molecule has 98 valence electrons. The Kier molecular flexibility index (Phi) is 4.15. The van der Waals surface area contributed by atoms with Gasteiger partial charge in [0.1, 0.15) is 0 Å². The Morgan fingerprint density at radius 2 is 2.33 bits per heavy atom. The Morgan fingerprint density at radius 1 is 1.56 bits per heavy atom. The fourth-order valence-corrected chi connectivity index (χ4v) is 2.46. The van der Waals surface area contributed by atoms with Gasteiger partial charge in [-0.2, -0.15) is 0 Å². The molecule has 2 rings (SSSR count). The van der Waals surface area contributed by atoms with Gasteiger partial charge in [0.2, 0.25) is 0 Å². The number of hydrogen-bond donors (Lipinski definition) is 2. The van der Waals surface area contributed by atoms with Crippen LogP contribution in [0.2, 0.25) is 0 Å². The summed E-state index contributed by atoms with van der Waals surface area (Å²) in [5.74, 6) is 0. The topological polar surface area (TPSA) is 76.4 Å². The lowest BCUT2D eigenvalue weighted by Crippen LogP contribution is -2.33. The number of nitro groups is 1. The van der Waals surface area contributed by atoms with Crippen LogP contribution in [0.3, 0.4) is 0 Å². The summed E-state index contributed by atoms with van der Waals surface area (Å²) in [5, 5.41) is 17.2. The lowest BCUT2D eigenvalue weighted by atomic mass is 10.2. The highest BCUT2D eigenvalue weighted by Crippen LogP contribution is 2.28. The average molecular weight is 316 g/mol. The van der Waals surface area contributed by atoms with E-state index in [1.54, 1.807) is 13.2 Å². The maximum Gasteiger partial charge on any atom is 0.270 e. The summed E-state index contributed by atoms with van der Waals surface area (Å²) < 4.78 is 6.03. The molecule has 1 aromatic rings. The molecule has 1 fully saturated rings. The number of nitro benzene ring substituents is 1. The van der Waals surface area contributed by atoms with Crippen LogP contribution in [0.25, 0.3) is 0 Å². The van der Waals surface area contributed by atoms with E-state index in [0.29, 0.717) is 4.47 Å². The smallest absolute Gasteiger partial charge is 0.270 e. The van der Waals surface area contributed by atoms with Crippen molar-refractivity contribution in [1.29, 1.82) is 0 Å². The van der Waals surface area contributed by atoms with Crippen LogP contribution in [-0.2, 0) is 4.74 Å². The SMILES string of the molecule is CO[C@H]1CNCC1Nc1ccc([N+](=O)[O-])cc1Br. The lowest BCUT2D eigenvalue weighted by molar-refractivity contribution is -0.384. The maximum atomic E-state index is 10.6. The van der Waals surface area contributed by atoms with E-state index in [2.05, 4.69) is 26.6 Å². The minimum Gasteiger partial charge on any atom is -0.378 e. The summed E-state index contributed by atoms with van der Waals surface area (Å²) in [6.45, 7) is 1.61. The second-order valence-electron chi connectivity index (χ2n) is 4.10. The van der Waals surface area contributed by atoms with Crippen molar-refractivity contribution in [3.8, 4) is 0 Å². The molecule has 0 saturated carbocycles. The predicted octanol–water partition coefficient (Wildman–Crippen LogP) is 1.76. The number of non-ortho nitro benzene ring substituents is 1. The molecule has 1 aliphatic rings. The highest BCUT2D eigenvalue weighted by Gasteiger charge is 2.27. The van der Waals surface area contributed by atoms with Crippen molar-refractivity contribution in [2.24, 2.45) is 0 Å². The molecule has 7 heteroatoms. The predicted molar refractivity (Wildman–Crippen MR) is 71.9 cm³/mol. The number of methoxy groups -OCH3 is 1. The van der Waals surface area contributed by atoms with E-state index in [-0.39, 0.29) is 17.8 Å². The molecule has 0 amide bonds. The van der Waals surface area contributed by atoms with Crippen LogP contribution in [0.5, 0.6) is 0 Å². The van der Waals surface area contributed by atoms with Crippen LogP contribution in [0, 0.1) is 10.1 Å². The second-order valence-corrected chi connectivity index (χ2v) is 4.96. The zero-order chi connectivity index (χ0) is 13.1. The van der Waals surface area contributed by atoms with E-state index < -0.39 is 4.92 Å². The molecular weight excluding hydrogens is 302 g/mol. The van der Waals surface area contributed by atoms with Crippen LogP contribution in [-0.4, -0.2) is 37.3 Å². The van der Waals surface area contributed by atoms with Crippen LogP contribution < -0.4 is 10.6 Å². The first-order chi connectivity index (χ1) is 8.61. The average Bonchev–Trinajstić information content (AvgIpc) is 2.78. The summed E-state index contributed by atoms with van der Waals surface area (Å²) in [6, 6.07) is 4.84. The molecule has 1 saturated heterocycles. The van der Waals surface area contributed by atoms with Crippen molar-refractivity contribution < 1.29 is 9.66 Å². The minimum absolute atomic E-state index is 0.0697. The maximum absolute atomic E-state index is 10.6. The van der Waals surface area contributed by atoms with Crippen molar-refractivity contribution >= 4 is 27.3 Å². The molecule has 6 nitrogen and oxygen atoms in total. The van der Waals surface area contributed by atoms with Crippen LogP contribution in [0.15, 0.2) is 22.7 Å². The summed E-state index contributed by atoms with van der Waals surface area (Å²) >= 11 is 3.34. The number of nitrogens with one attached hydrogen (secondary N) is 2. The first-order valence-electron chi connectivity index (χ1n) is 5.56. The van der Waals surface area contributed by atoms with E-state index in [4.69, 9.17) is 4.74 Å². The van der Waals surface area contributed by atoms with Gasteiger partial charge in [0.05, 0.1) is 17.1 Å². The van der Waals surface area contributed by atoms with Crippen molar-refractivity contribution in [1.82, 2.24) is 5.32 Å². The number of benzene rings is 1. The van der Waals surface area contributed by atoms with E-state index in [9.17, 15) is 10.1 Å². The fraction of sp³-hybridized carbons (Fsp3) is 0.455. The Morgan fingerprint density at radius 3 is 2.94 bits per heavy atom. The molecule has 1 aromatic carbocycles. The zero-order valence-corrected chi connectivity index (χ0v) is 11.4. The summed E-state index contributed by atoms with van der Waals surface area (Å²) in [7, 11) is 1.68. The molecule has 2 N–H and O–H groups in total. The largest absolute Gasteiger partial charge is 0.378 e. The van der Waals surface area contributed by atoms with Gasteiger partial charge in [0.15, 0.2) is 0 Å². The summed E-state index contributed by atoms with van der Waals surface area (Å²) in [6.07, 6.45) is 0.104. The molecule has 0 radical (unpaired) electrons. The van der Waals surface area contributed by atoms with Gasteiger partial charge in [-0.25, -0.2) is 0 Å². The van der Waals surface area contributed by atoms with Gasteiger partial charge in [-0.15, -0.1) is 0 Å². The monoisotopic (exact) mass is 315 g/mol. The number of anilines is 1. The lowest BCUT2D eigenvalue weighted by Gasteiger charge is -2.20. The standard InChI is InChI=1S/C11H14BrN3O3/c1-18-11-6-13-5-10(11)14-9-3-2-7(15(16)17)4-8(9)12/h2-4,10-11,13-14H,5-6H2,1H3/t10?,11-/m0/s1. The van der Waals surface area contributed by atoms with Gasteiger partial charge in [0.25, 0.3) is 5.69 Å². The van der Waals surface area contributed by atoms with E-state index >= 15 is 0 Å². The van der Waals surface area contributed by atoms with Crippen LogP contribution in [0.1, 0.15) is 0 Å². The molecule has 0 spiro atoms. The highest BCUT2D eigenvalue weighted by molar-refractivity contribution is 9.10. The number of halogens is 1. The van der Waals surface area contributed by atoms with Gasteiger partial charge >= 0.3 is 0 Å². The number of ether oxygens (including phenoxy) is 1. The van der Waals surface area contributed by atoms with Crippen molar-refractivity contribution in [3.63, 3.8) is 0 Å². The van der Waals surface area contributed by atoms with Gasteiger partial charge < -0.3 is 15.4 Å². The van der Waals surface area contributed by atoms with Gasteiger partial charge in [0, 0.05) is 42.5 Å². The van der Waals surface area contributed by atoms with Crippen molar-refractivity contribution in [2.45, 2.75) is 12.1 Å². The van der Waals surface area contributed by atoms with E-state index in [1.165, 1.54) is 12.1 Å².